The Balaban J connectivity index is 1.55. The van der Waals surface area contributed by atoms with Gasteiger partial charge in [0.05, 0.1) is 24.0 Å². The van der Waals surface area contributed by atoms with E-state index in [1.54, 1.807) is 0 Å². The number of halogens is 1. The molecule has 0 aliphatic carbocycles. The molecule has 0 aliphatic heterocycles. The third-order valence-corrected chi connectivity index (χ3v) is 7.01. The second-order valence-electron chi connectivity index (χ2n) is 9.42. The molecule has 188 valence electrons. The van der Waals surface area contributed by atoms with E-state index in [9.17, 15) is 14.7 Å². The van der Waals surface area contributed by atoms with Gasteiger partial charge in [-0.3, -0.25) is 9.59 Å². The van der Waals surface area contributed by atoms with Gasteiger partial charge in [0.1, 0.15) is 11.5 Å². The zero-order valence-electron chi connectivity index (χ0n) is 20.6. The molecule has 0 spiro atoms. The highest BCUT2D eigenvalue weighted by Crippen LogP contribution is 2.31. The van der Waals surface area contributed by atoms with Crippen molar-refractivity contribution in [2.75, 3.05) is 0 Å². The minimum absolute atomic E-state index is 0.189. The Morgan fingerprint density at radius 2 is 1.84 bits per heavy atom. The largest absolute Gasteiger partial charge is 0.481 e. The summed E-state index contributed by atoms with van der Waals surface area (Å²) in [5.41, 5.74) is 5.62. The number of rotatable bonds is 8. The normalized spacial score (nSPS) is 11.5. The third kappa shape index (κ3) is 5.15. The highest BCUT2D eigenvalue weighted by molar-refractivity contribution is 9.10. The quantitative estimate of drug-likeness (QED) is 0.217. The summed E-state index contributed by atoms with van der Waals surface area (Å²) < 4.78 is 2.73. The number of H-pyrrole nitrogens is 1. The second kappa shape index (κ2) is 10.2. The fourth-order valence-electron chi connectivity index (χ4n) is 4.68. The van der Waals surface area contributed by atoms with Crippen molar-refractivity contribution in [3.63, 3.8) is 0 Å². The Hall–Kier alpha value is -3.91. The zero-order chi connectivity index (χ0) is 26.1. The van der Waals surface area contributed by atoms with Gasteiger partial charge in [-0.05, 0) is 47.4 Å². The molecule has 5 aromatic rings. The molecule has 3 N–H and O–H groups in total. The number of aliphatic carboxylic acids is 1. The molecule has 0 bridgehead atoms. The molecule has 0 saturated heterocycles. The van der Waals surface area contributed by atoms with Crippen molar-refractivity contribution in [3.8, 4) is 0 Å². The van der Waals surface area contributed by atoms with Gasteiger partial charge in [0.25, 0.3) is 5.91 Å². The number of hydrogen-bond acceptors (Lipinski definition) is 3. The Labute approximate surface area is 222 Å². The lowest BCUT2D eigenvalue weighted by Crippen LogP contribution is -2.27. The van der Waals surface area contributed by atoms with Gasteiger partial charge in [-0.25, -0.2) is 4.98 Å². The van der Waals surface area contributed by atoms with E-state index in [0.717, 1.165) is 32.0 Å². The van der Waals surface area contributed by atoms with E-state index in [-0.39, 0.29) is 18.9 Å². The summed E-state index contributed by atoms with van der Waals surface area (Å²) in [7, 11) is 0. The Bertz CT molecular complexity index is 1580. The van der Waals surface area contributed by atoms with Crippen LogP contribution in [0.15, 0.2) is 71.2 Å². The maximum absolute atomic E-state index is 13.7. The summed E-state index contributed by atoms with van der Waals surface area (Å²) >= 11 is 3.50. The van der Waals surface area contributed by atoms with Crippen LogP contribution in [0.4, 0.5) is 0 Å². The Morgan fingerprint density at radius 1 is 1.08 bits per heavy atom. The number of carboxylic acids is 1. The van der Waals surface area contributed by atoms with Crippen LogP contribution >= 0.6 is 15.9 Å². The number of carbonyl (C=O) groups is 2. The van der Waals surface area contributed by atoms with Crippen molar-refractivity contribution in [2.45, 2.75) is 39.3 Å². The smallest absolute Gasteiger partial charge is 0.307 e. The van der Waals surface area contributed by atoms with Crippen molar-refractivity contribution in [1.82, 2.24) is 19.9 Å². The molecule has 8 heteroatoms. The minimum Gasteiger partial charge on any atom is -0.481 e. The van der Waals surface area contributed by atoms with Crippen LogP contribution in [-0.4, -0.2) is 31.5 Å². The monoisotopic (exact) mass is 558 g/mol. The first-order valence-electron chi connectivity index (χ1n) is 12.1. The number of nitrogens with one attached hydrogen (secondary N) is 2. The molecule has 37 heavy (non-hydrogen) atoms. The van der Waals surface area contributed by atoms with Crippen LogP contribution in [0.1, 0.15) is 52.8 Å². The predicted octanol–water partition coefficient (Wildman–Crippen LogP) is 6.01. The summed E-state index contributed by atoms with van der Waals surface area (Å²) in [5.74, 6) is -0.293. The van der Waals surface area contributed by atoms with E-state index in [0.29, 0.717) is 29.5 Å². The molecule has 0 unspecified atom stereocenters. The molecule has 0 atom stereocenters. The van der Waals surface area contributed by atoms with E-state index < -0.39 is 5.97 Å². The standard InChI is InChI=1S/C29H27BrN4O3/c1-17(2)19-9-7-18(8-10-19)16-34-25-12-11-20(30)13-21(25)22(14-27(35)36)28(34)29(37)31-15-26-32-23-5-3-4-6-24(23)33-26/h3-13,17H,14-16H2,1-2H3,(H,31,37)(H,32,33)(H,35,36). The molecule has 0 saturated carbocycles. The van der Waals surface area contributed by atoms with Crippen molar-refractivity contribution in [2.24, 2.45) is 0 Å². The summed E-state index contributed by atoms with van der Waals surface area (Å²) in [6.07, 6.45) is -0.264. The average Bonchev–Trinajstić information content (AvgIpc) is 3.41. The Morgan fingerprint density at radius 3 is 2.54 bits per heavy atom. The highest BCUT2D eigenvalue weighted by Gasteiger charge is 2.25. The Kier molecular flexibility index (Phi) is 6.84. The van der Waals surface area contributed by atoms with Crippen molar-refractivity contribution in [3.05, 3.63) is 99.4 Å². The van der Waals surface area contributed by atoms with Gasteiger partial charge in [-0.2, -0.15) is 0 Å². The number of carbonyl (C=O) groups excluding carboxylic acids is 1. The second-order valence-corrected chi connectivity index (χ2v) is 10.3. The topological polar surface area (TPSA) is 100 Å². The van der Waals surface area contributed by atoms with E-state index in [1.807, 2.05) is 47.0 Å². The molecule has 2 aromatic heterocycles. The molecule has 0 fully saturated rings. The maximum Gasteiger partial charge on any atom is 0.307 e. The van der Waals surface area contributed by atoms with E-state index in [2.05, 4.69) is 69.3 Å². The number of carboxylic acid groups (broad SMARTS) is 1. The van der Waals surface area contributed by atoms with Gasteiger partial charge in [0.2, 0.25) is 0 Å². The van der Waals surface area contributed by atoms with Gasteiger partial charge in [-0.1, -0.05) is 66.2 Å². The molecule has 0 aliphatic rings. The summed E-state index contributed by atoms with van der Waals surface area (Å²) in [6, 6.07) is 21.7. The molecule has 3 aromatic carbocycles. The number of para-hydroxylation sites is 2. The van der Waals surface area contributed by atoms with Crippen LogP contribution in [-0.2, 0) is 24.3 Å². The first-order valence-corrected chi connectivity index (χ1v) is 12.9. The van der Waals surface area contributed by atoms with Crippen LogP contribution in [0.2, 0.25) is 0 Å². The van der Waals surface area contributed by atoms with Gasteiger partial charge < -0.3 is 20.0 Å². The molecule has 0 radical (unpaired) electrons. The molecule has 5 rings (SSSR count). The number of aromatic nitrogens is 3. The van der Waals surface area contributed by atoms with Gasteiger partial charge in [-0.15, -0.1) is 0 Å². The predicted molar refractivity (Wildman–Crippen MR) is 148 cm³/mol. The summed E-state index contributed by atoms with van der Waals surface area (Å²) in [6.45, 7) is 4.92. The lowest BCUT2D eigenvalue weighted by molar-refractivity contribution is -0.136. The van der Waals surface area contributed by atoms with Gasteiger partial charge in [0.15, 0.2) is 0 Å². The van der Waals surface area contributed by atoms with Crippen LogP contribution in [0, 0.1) is 0 Å². The zero-order valence-corrected chi connectivity index (χ0v) is 22.2. The molecular weight excluding hydrogens is 532 g/mol. The fraction of sp³-hybridized carbons (Fsp3) is 0.207. The number of imidazole rings is 1. The van der Waals surface area contributed by atoms with Gasteiger partial charge >= 0.3 is 5.97 Å². The third-order valence-electron chi connectivity index (χ3n) is 6.52. The van der Waals surface area contributed by atoms with Crippen LogP contribution in [0.25, 0.3) is 21.9 Å². The summed E-state index contributed by atoms with van der Waals surface area (Å²) in [5, 5.41) is 13.4. The van der Waals surface area contributed by atoms with E-state index in [4.69, 9.17) is 0 Å². The van der Waals surface area contributed by atoms with Crippen LogP contribution in [0.3, 0.4) is 0 Å². The first kappa shape index (κ1) is 24.8. The SMILES string of the molecule is CC(C)c1ccc(Cn2c(C(=O)NCc3nc4ccccc4[nH]3)c(CC(=O)O)c3cc(Br)ccc32)cc1. The number of hydrogen-bond donors (Lipinski definition) is 3. The number of fused-ring (bicyclic) bond motifs is 2. The van der Waals surface area contributed by atoms with Crippen LogP contribution < -0.4 is 5.32 Å². The molecular formula is C29H27BrN4O3. The maximum atomic E-state index is 13.7. The van der Waals surface area contributed by atoms with Crippen molar-refractivity contribution in [1.29, 1.82) is 0 Å². The number of aromatic amines is 1. The van der Waals surface area contributed by atoms with E-state index >= 15 is 0 Å². The number of amides is 1. The highest BCUT2D eigenvalue weighted by atomic mass is 79.9. The number of benzene rings is 3. The summed E-state index contributed by atoms with van der Waals surface area (Å²) in [4.78, 5) is 33.3. The first-order chi connectivity index (χ1) is 17.8. The average molecular weight is 559 g/mol. The molecule has 7 nitrogen and oxygen atoms in total. The minimum atomic E-state index is -0.994. The van der Waals surface area contributed by atoms with Crippen molar-refractivity contribution < 1.29 is 14.7 Å². The number of nitrogens with zero attached hydrogens (tertiary/aromatic N) is 2. The lowest BCUT2D eigenvalue weighted by Gasteiger charge is -2.13. The van der Waals surface area contributed by atoms with E-state index in [1.165, 1.54) is 5.56 Å². The lowest BCUT2D eigenvalue weighted by atomic mass is 10.0. The fourth-order valence-corrected chi connectivity index (χ4v) is 5.04. The van der Waals surface area contributed by atoms with Crippen molar-refractivity contribution >= 4 is 49.7 Å². The van der Waals surface area contributed by atoms with Crippen LogP contribution in [0.5, 0.6) is 0 Å². The molecule has 2 heterocycles. The molecule has 1 amide bonds. The van der Waals surface area contributed by atoms with Gasteiger partial charge in [0, 0.05) is 27.5 Å².